The summed E-state index contributed by atoms with van der Waals surface area (Å²) in [6.45, 7) is 5.71. The van der Waals surface area contributed by atoms with Gasteiger partial charge < -0.3 is 23.9 Å². The fourth-order valence-electron chi connectivity index (χ4n) is 3.37. The van der Waals surface area contributed by atoms with Crippen molar-refractivity contribution >= 4 is 22.8 Å². The molecule has 156 valence electrons. The number of carbonyl (C=O) groups is 2. The lowest BCUT2D eigenvalue weighted by atomic mass is 10.0. The Kier molecular flexibility index (Phi) is 5.35. The molecule has 3 aromatic rings. The van der Waals surface area contributed by atoms with Gasteiger partial charge in [-0.15, -0.1) is 0 Å². The largest absolute Gasteiger partial charge is 0.464 e. The van der Waals surface area contributed by atoms with Crippen molar-refractivity contribution in [1.82, 2.24) is 5.32 Å². The standard InChI is InChI=1S/C23H23NO6/c1-13-6-18-17(10-27-20(18)7-14(13)2)9-23(26)28-11-22(25)24-15(3)16-4-5-19-21(8-16)30-12-29-19/h4-8,10,15H,9,11-12H2,1-3H3,(H,24,25)/t15-/m1/s1. The zero-order valence-corrected chi connectivity index (χ0v) is 17.1. The van der Waals surface area contributed by atoms with Crippen LogP contribution in [-0.2, 0) is 20.7 Å². The van der Waals surface area contributed by atoms with Crippen molar-refractivity contribution in [3.63, 3.8) is 0 Å². The second-order valence-electron chi connectivity index (χ2n) is 7.43. The van der Waals surface area contributed by atoms with E-state index >= 15 is 0 Å². The van der Waals surface area contributed by atoms with Crippen LogP contribution in [0.2, 0.25) is 0 Å². The molecular formula is C23H23NO6. The van der Waals surface area contributed by atoms with Crippen molar-refractivity contribution in [1.29, 1.82) is 0 Å². The number of amides is 1. The van der Waals surface area contributed by atoms with Gasteiger partial charge in [0.25, 0.3) is 5.91 Å². The van der Waals surface area contributed by atoms with Gasteiger partial charge in [0.2, 0.25) is 6.79 Å². The maximum atomic E-state index is 12.2. The summed E-state index contributed by atoms with van der Waals surface area (Å²) >= 11 is 0. The van der Waals surface area contributed by atoms with Crippen molar-refractivity contribution in [2.45, 2.75) is 33.2 Å². The summed E-state index contributed by atoms with van der Waals surface area (Å²) in [7, 11) is 0. The summed E-state index contributed by atoms with van der Waals surface area (Å²) in [4.78, 5) is 24.4. The van der Waals surface area contributed by atoms with Gasteiger partial charge in [0.05, 0.1) is 18.7 Å². The summed E-state index contributed by atoms with van der Waals surface area (Å²) < 4.78 is 21.3. The molecule has 1 aliphatic rings. The van der Waals surface area contributed by atoms with E-state index in [1.54, 1.807) is 12.3 Å². The van der Waals surface area contributed by atoms with Gasteiger partial charge in [-0.1, -0.05) is 6.07 Å². The average molecular weight is 409 g/mol. The third-order valence-electron chi connectivity index (χ3n) is 5.24. The number of hydrogen-bond donors (Lipinski definition) is 1. The van der Waals surface area contributed by atoms with Gasteiger partial charge in [-0.3, -0.25) is 9.59 Å². The number of aryl methyl sites for hydroxylation is 2. The monoisotopic (exact) mass is 409 g/mol. The number of fused-ring (bicyclic) bond motifs is 2. The van der Waals surface area contributed by atoms with Crippen LogP contribution in [0.25, 0.3) is 11.0 Å². The second kappa shape index (κ2) is 8.10. The lowest BCUT2D eigenvalue weighted by Crippen LogP contribution is -2.31. The quantitative estimate of drug-likeness (QED) is 0.624. The van der Waals surface area contributed by atoms with Crippen LogP contribution in [0.1, 0.15) is 35.2 Å². The molecule has 2 aromatic carbocycles. The van der Waals surface area contributed by atoms with Crippen LogP contribution in [0.3, 0.4) is 0 Å². The van der Waals surface area contributed by atoms with Crippen LogP contribution >= 0.6 is 0 Å². The highest BCUT2D eigenvalue weighted by Gasteiger charge is 2.18. The SMILES string of the molecule is Cc1cc2occ(CC(=O)OCC(=O)N[C@H](C)c3ccc4c(c3)OCO4)c2cc1C. The van der Waals surface area contributed by atoms with E-state index in [9.17, 15) is 9.59 Å². The number of rotatable bonds is 6. The summed E-state index contributed by atoms with van der Waals surface area (Å²) in [6.07, 6.45) is 1.60. The van der Waals surface area contributed by atoms with Crippen molar-refractivity contribution in [3.05, 3.63) is 58.8 Å². The molecule has 30 heavy (non-hydrogen) atoms. The van der Waals surface area contributed by atoms with Gasteiger partial charge >= 0.3 is 5.97 Å². The highest BCUT2D eigenvalue weighted by atomic mass is 16.7. The third kappa shape index (κ3) is 4.10. The maximum absolute atomic E-state index is 12.2. The van der Waals surface area contributed by atoms with Crippen molar-refractivity contribution in [2.24, 2.45) is 0 Å². The first-order valence-corrected chi connectivity index (χ1v) is 9.72. The van der Waals surface area contributed by atoms with Gasteiger partial charge in [0.15, 0.2) is 18.1 Å². The molecule has 0 radical (unpaired) electrons. The minimum Gasteiger partial charge on any atom is -0.464 e. The second-order valence-corrected chi connectivity index (χ2v) is 7.43. The van der Waals surface area contributed by atoms with E-state index in [0.29, 0.717) is 11.5 Å². The molecule has 0 saturated carbocycles. The van der Waals surface area contributed by atoms with E-state index in [1.165, 1.54) is 0 Å². The molecule has 0 fully saturated rings. The normalized spacial score (nSPS) is 13.3. The summed E-state index contributed by atoms with van der Waals surface area (Å²) in [5.41, 5.74) is 4.59. The Morgan fingerprint density at radius 1 is 1.10 bits per heavy atom. The number of furan rings is 1. The lowest BCUT2D eigenvalue weighted by Gasteiger charge is -2.15. The smallest absolute Gasteiger partial charge is 0.310 e. The fraction of sp³-hybridized carbons (Fsp3) is 0.304. The van der Waals surface area contributed by atoms with Gasteiger partial charge in [-0.25, -0.2) is 0 Å². The van der Waals surface area contributed by atoms with E-state index in [-0.39, 0.29) is 31.8 Å². The molecule has 1 aliphatic heterocycles. The van der Waals surface area contributed by atoms with Crippen LogP contribution in [0, 0.1) is 13.8 Å². The van der Waals surface area contributed by atoms with Gasteiger partial charge in [0, 0.05) is 10.9 Å². The Labute approximate surface area is 173 Å². The highest BCUT2D eigenvalue weighted by molar-refractivity contribution is 5.87. The average Bonchev–Trinajstić information content (AvgIpc) is 3.33. The summed E-state index contributed by atoms with van der Waals surface area (Å²) in [6, 6.07) is 9.17. The van der Waals surface area contributed by atoms with Gasteiger partial charge in [-0.2, -0.15) is 0 Å². The zero-order chi connectivity index (χ0) is 21.3. The lowest BCUT2D eigenvalue weighted by molar-refractivity contribution is -0.148. The van der Waals surface area contributed by atoms with Crippen molar-refractivity contribution in [2.75, 3.05) is 13.4 Å². The molecule has 1 amide bonds. The first-order valence-electron chi connectivity index (χ1n) is 9.72. The predicted octanol–water partition coefficient (Wildman–Crippen LogP) is 3.74. The van der Waals surface area contributed by atoms with Gasteiger partial charge in [-0.05, 0) is 61.7 Å². The molecule has 0 saturated heterocycles. The Morgan fingerprint density at radius 3 is 2.70 bits per heavy atom. The Balaban J connectivity index is 1.30. The molecule has 2 heterocycles. The molecule has 7 nitrogen and oxygen atoms in total. The maximum Gasteiger partial charge on any atom is 0.310 e. The molecule has 1 atom stereocenters. The van der Waals surface area contributed by atoms with Crippen LogP contribution in [-0.4, -0.2) is 25.3 Å². The van der Waals surface area contributed by atoms with E-state index in [1.807, 2.05) is 45.0 Å². The van der Waals surface area contributed by atoms with Crippen LogP contribution < -0.4 is 14.8 Å². The first kappa shape index (κ1) is 19.8. The minimum atomic E-state index is -0.484. The Hall–Kier alpha value is -3.48. The van der Waals surface area contributed by atoms with E-state index in [4.69, 9.17) is 18.6 Å². The molecule has 1 aromatic heterocycles. The zero-order valence-electron chi connectivity index (χ0n) is 17.1. The van der Waals surface area contributed by atoms with Gasteiger partial charge in [0.1, 0.15) is 5.58 Å². The predicted molar refractivity (Wildman–Crippen MR) is 109 cm³/mol. The highest BCUT2D eigenvalue weighted by Crippen LogP contribution is 2.34. The molecule has 0 unspecified atom stereocenters. The third-order valence-corrected chi connectivity index (χ3v) is 5.24. The number of nitrogens with one attached hydrogen (secondary N) is 1. The molecule has 1 N–H and O–H groups in total. The van der Waals surface area contributed by atoms with Crippen LogP contribution in [0.15, 0.2) is 41.0 Å². The molecule has 7 heteroatoms. The number of esters is 1. The van der Waals surface area contributed by atoms with Crippen LogP contribution in [0.4, 0.5) is 0 Å². The molecular weight excluding hydrogens is 386 g/mol. The number of ether oxygens (including phenoxy) is 3. The van der Waals surface area contributed by atoms with E-state index < -0.39 is 5.97 Å². The Morgan fingerprint density at radius 2 is 1.87 bits per heavy atom. The van der Waals surface area contributed by atoms with Crippen molar-refractivity contribution in [3.8, 4) is 11.5 Å². The molecule has 4 rings (SSSR count). The summed E-state index contributed by atoms with van der Waals surface area (Å²) in [5.74, 6) is 0.472. The number of benzene rings is 2. The first-order chi connectivity index (χ1) is 14.4. The topological polar surface area (TPSA) is 87.0 Å². The molecule has 0 aliphatic carbocycles. The van der Waals surface area contributed by atoms with E-state index in [0.717, 1.165) is 33.2 Å². The Bertz CT molecular complexity index is 1120. The van der Waals surface area contributed by atoms with Crippen molar-refractivity contribution < 1.29 is 28.2 Å². The van der Waals surface area contributed by atoms with Crippen LogP contribution in [0.5, 0.6) is 11.5 Å². The molecule has 0 bridgehead atoms. The minimum absolute atomic E-state index is 0.0422. The fourth-order valence-corrected chi connectivity index (χ4v) is 3.37. The van der Waals surface area contributed by atoms with E-state index in [2.05, 4.69) is 5.32 Å². The number of carbonyl (C=O) groups excluding carboxylic acids is 2. The summed E-state index contributed by atoms with van der Waals surface area (Å²) in [5, 5.41) is 3.70. The molecule has 0 spiro atoms. The number of hydrogen-bond acceptors (Lipinski definition) is 6.